The Morgan fingerprint density at radius 2 is 2.00 bits per heavy atom. The van der Waals surface area contributed by atoms with Crippen LogP contribution in [0.25, 0.3) is 0 Å². The molecule has 2 aromatic rings. The second-order valence-electron chi connectivity index (χ2n) is 6.31. The number of aromatic nitrogens is 3. The van der Waals surface area contributed by atoms with Gasteiger partial charge in [0.15, 0.2) is 0 Å². The largest absolute Gasteiger partial charge is 0.338 e. The first-order valence-electron chi connectivity index (χ1n) is 7.75. The Balaban J connectivity index is 1.55. The summed E-state index contributed by atoms with van der Waals surface area (Å²) in [6.45, 7) is 1.21. The number of nitrogens with zero attached hydrogens (tertiary/aromatic N) is 5. The Hall–Kier alpha value is -2.57. The minimum atomic E-state index is 0.0234. The highest BCUT2D eigenvalue weighted by atomic mass is 16.2. The first kappa shape index (κ1) is 14.0. The molecule has 1 fully saturated rings. The van der Waals surface area contributed by atoms with E-state index < -0.39 is 0 Å². The summed E-state index contributed by atoms with van der Waals surface area (Å²) in [6, 6.07) is 5.76. The molecule has 4 heterocycles. The smallest absolute Gasteiger partial charge is 0.270 e. The van der Waals surface area contributed by atoms with Gasteiger partial charge >= 0.3 is 0 Å². The third kappa shape index (κ3) is 2.15. The van der Waals surface area contributed by atoms with Gasteiger partial charge in [0.05, 0.1) is 24.2 Å². The molecule has 0 aliphatic carbocycles. The van der Waals surface area contributed by atoms with E-state index in [-0.39, 0.29) is 23.9 Å². The molecule has 120 valence electrons. The molecule has 2 aliphatic rings. The molecule has 23 heavy (non-hydrogen) atoms. The molecule has 2 amide bonds. The average Bonchev–Trinajstić information content (AvgIpc) is 3.22. The van der Waals surface area contributed by atoms with E-state index in [4.69, 9.17) is 0 Å². The van der Waals surface area contributed by atoms with Gasteiger partial charge in [0.25, 0.3) is 5.91 Å². The van der Waals surface area contributed by atoms with Gasteiger partial charge < -0.3 is 14.4 Å². The fourth-order valence-electron chi connectivity index (χ4n) is 3.65. The van der Waals surface area contributed by atoms with Gasteiger partial charge in [-0.15, -0.1) is 0 Å². The van der Waals surface area contributed by atoms with Crippen molar-refractivity contribution in [1.82, 2.24) is 24.1 Å². The lowest BCUT2D eigenvalue weighted by atomic mass is 10.1. The van der Waals surface area contributed by atoms with Crippen molar-refractivity contribution in [2.45, 2.75) is 18.5 Å². The third-order valence-corrected chi connectivity index (χ3v) is 4.89. The van der Waals surface area contributed by atoms with Crippen LogP contribution in [0.3, 0.4) is 0 Å². The summed E-state index contributed by atoms with van der Waals surface area (Å²) in [5.74, 6) is 0.0860. The Bertz CT molecular complexity index is 777. The van der Waals surface area contributed by atoms with Gasteiger partial charge in [0.1, 0.15) is 5.69 Å². The van der Waals surface area contributed by atoms with E-state index >= 15 is 0 Å². The fourth-order valence-corrected chi connectivity index (χ4v) is 3.65. The summed E-state index contributed by atoms with van der Waals surface area (Å²) in [5.41, 5.74) is 1.48. The minimum absolute atomic E-state index is 0.0234. The normalized spacial score (nSPS) is 23.1. The van der Waals surface area contributed by atoms with Gasteiger partial charge in [-0.3, -0.25) is 14.3 Å². The maximum atomic E-state index is 12.6. The third-order valence-electron chi connectivity index (χ3n) is 4.89. The predicted octanol–water partition coefficient (Wildman–Crippen LogP) is 0.302. The molecule has 0 N–H and O–H groups in total. The van der Waals surface area contributed by atoms with Crippen LogP contribution in [0.4, 0.5) is 0 Å². The van der Waals surface area contributed by atoms with Crippen molar-refractivity contribution >= 4 is 11.8 Å². The molecule has 2 aliphatic heterocycles. The van der Waals surface area contributed by atoms with E-state index in [1.807, 2.05) is 54.2 Å². The van der Waals surface area contributed by atoms with Gasteiger partial charge in [-0.1, -0.05) is 0 Å². The predicted molar refractivity (Wildman–Crippen MR) is 82.8 cm³/mol. The quantitative estimate of drug-likeness (QED) is 0.801. The average molecular weight is 313 g/mol. The van der Waals surface area contributed by atoms with Gasteiger partial charge in [-0.25, -0.2) is 0 Å². The summed E-state index contributed by atoms with van der Waals surface area (Å²) < 4.78 is 3.71. The molecule has 0 spiro atoms. The van der Waals surface area contributed by atoms with E-state index in [1.54, 1.807) is 9.58 Å². The summed E-state index contributed by atoms with van der Waals surface area (Å²) >= 11 is 0. The minimum Gasteiger partial charge on any atom is -0.338 e. The number of fused-ring (bicyclic) bond motifs is 3. The first-order chi connectivity index (χ1) is 11.0. The standard InChI is InChI=1S/C16H19N5O2/c1-18-7-5-11(17-18)8-15(22)20-9-13-14(10-20)21-6-3-4-12(21)16(23)19(13)2/h3-7,13-14H,8-10H2,1-2H3/t13-,14-/m0/s1. The summed E-state index contributed by atoms with van der Waals surface area (Å²) in [7, 11) is 3.66. The van der Waals surface area contributed by atoms with E-state index in [0.717, 1.165) is 5.69 Å². The van der Waals surface area contributed by atoms with E-state index in [0.29, 0.717) is 25.2 Å². The van der Waals surface area contributed by atoms with Crippen molar-refractivity contribution in [3.05, 3.63) is 42.0 Å². The van der Waals surface area contributed by atoms with Crippen LogP contribution in [-0.2, 0) is 18.3 Å². The van der Waals surface area contributed by atoms with Crippen molar-refractivity contribution in [1.29, 1.82) is 0 Å². The van der Waals surface area contributed by atoms with Gasteiger partial charge in [-0.2, -0.15) is 5.10 Å². The number of carbonyl (C=O) groups excluding carboxylic acids is 2. The van der Waals surface area contributed by atoms with Gasteiger partial charge in [0.2, 0.25) is 5.91 Å². The molecule has 7 heteroatoms. The summed E-state index contributed by atoms with van der Waals surface area (Å²) in [4.78, 5) is 28.6. The van der Waals surface area contributed by atoms with Crippen LogP contribution < -0.4 is 0 Å². The van der Waals surface area contributed by atoms with Crippen molar-refractivity contribution in [2.24, 2.45) is 7.05 Å². The van der Waals surface area contributed by atoms with Gasteiger partial charge in [-0.05, 0) is 18.2 Å². The number of hydrogen-bond donors (Lipinski definition) is 0. The Labute approximate surface area is 134 Å². The van der Waals surface area contributed by atoms with Crippen molar-refractivity contribution < 1.29 is 9.59 Å². The van der Waals surface area contributed by atoms with E-state index in [9.17, 15) is 9.59 Å². The highest BCUT2D eigenvalue weighted by molar-refractivity contribution is 5.94. The molecule has 4 rings (SSSR count). The van der Waals surface area contributed by atoms with Crippen molar-refractivity contribution in [3.8, 4) is 0 Å². The molecule has 0 bridgehead atoms. The van der Waals surface area contributed by atoms with Crippen molar-refractivity contribution in [3.63, 3.8) is 0 Å². The number of rotatable bonds is 2. The fraction of sp³-hybridized carbons (Fsp3) is 0.438. The zero-order chi connectivity index (χ0) is 16.1. The van der Waals surface area contributed by atoms with Crippen LogP contribution in [0.15, 0.2) is 30.6 Å². The maximum absolute atomic E-state index is 12.6. The SMILES string of the molecule is CN1C(=O)c2cccn2[C@H]2CN(C(=O)Cc3ccn(C)n3)C[C@@H]21. The number of likely N-dealkylation sites (tertiary alicyclic amines) is 1. The molecule has 7 nitrogen and oxygen atoms in total. The molecular formula is C16H19N5O2. The van der Waals surface area contributed by atoms with Gasteiger partial charge in [0, 0.05) is 39.6 Å². The van der Waals surface area contributed by atoms with Crippen LogP contribution in [0.2, 0.25) is 0 Å². The molecule has 0 saturated carbocycles. The second-order valence-corrected chi connectivity index (χ2v) is 6.31. The molecule has 1 saturated heterocycles. The Morgan fingerprint density at radius 3 is 2.74 bits per heavy atom. The highest BCUT2D eigenvalue weighted by Crippen LogP contribution is 2.32. The molecule has 2 aromatic heterocycles. The zero-order valence-electron chi connectivity index (χ0n) is 13.2. The zero-order valence-corrected chi connectivity index (χ0v) is 13.2. The number of carbonyl (C=O) groups is 2. The van der Waals surface area contributed by atoms with Crippen LogP contribution in [0.5, 0.6) is 0 Å². The van der Waals surface area contributed by atoms with E-state index in [1.165, 1.54) is 0 Å². The molecular weight excluding hydrogens is 294 g/mol. The summed E-state index contributed by atoms with van der Waals surface area (Å²) in [5, 5.41) is 4.27. The second kappa shape index (κ2) is 4.97. The van der Waals surface area contributed by atoms with Crippen LogP contribution in [0.1, 0.15) is 22.2 Å². The van der Waals surface area contributed by atoms with E-state index in [2.05, 4.69) is 5.10 Å². The number of aryl methyl sites for hydroxylation is 1. The van der Waals surface area contributed by atoms with Crippen LogP contribution >= 0.6 is 0 Å². The van der Waals surface area contributed by atoms with Crippen molar-refractivity contribution in [2.75, 3.05) is 20.1 Å². The Morgan fingerprint density at radius 1 is 1.22 bits per heavy atom. The van der Waals surface area contributed by atoms with Crippen LogP contribution in [-0.4, -0.2) is 62.1 Å². The Kier molecular flexibility index (Phi) is 3.04. The lowest BCUT2D eigenvalue weighted by Gasteiger charge is -2.35. The lowest BCUT2D eigenvalue weighted by molar-refractivity contribution is -0.129. The number of amides is 2. The molecule has 2 atom stereocenters. The summed E-state index contributed by atoms with van der Waals surface area (Å²) in [6.07, 6.45) is 4.08. The highest BCUT2D eigenvalue weighted by Gasteiger charge is 2.44. The molecule has 0 radical (unpaired) electrons. The lowest BCUT2D eigenvalue weighted by Crippen LogP contribution is -2.48. The molecule has 0 unspecified atom stereocenters. The molecule has 0 aromatic carbocycles. The van der Waals surface area contributed by atoms with Crippen LogP contribution in [0, 0.1) is 0 Å². The monoisotopic (exact) mass is 313 g/mol. The topological polar surface area (TPSA) is 63.4 Å². The first-order valence-corrected chi connectivity index (χ1v) is 7.75. The maximum Gasteiger partial charge on any atom is 0.270 e. The number of likely N-dealkylation sites (N-methyl/N-ethyl adjacent to an activating group) is 1. The number of hydrogen-bond acceptors (Lipinski definition) is 3.